The summed E-state index contributed by atoms with van der Waals surface area (Å²) in [5, 5.41) is 19.6. The van der Waals surface area contributed by atoms with Crippen LogP contribution in [0, 0.1) is 0 Å². The highest BCUT2D eigenvalue weighted by Gasteiger charge is 2.14. The smallest absolute Gasteiger partial charge is 0.342 e. The van der Waals surface area contributed by atoms with Crippen molar-refractivity contribution in [2.45, 2.75) is 6.61 Å². The van der Waals surface area contributed by atoms with Crippen molar-refractivity contribution in [1.82, 2.24) is 9.97 Å². The van der Waals surface area contributed by atoms with Gasteiger partial charge in [-0.3, -0.25) is 0 Å². The second kappa shape index (κ2) is 5.80. The Hall–Kier alpha value is -3.35. The van der Waals surface area contributed by atoms with Crippen molar-refractivity contribution in [3.8, 4) is 11.5 Å². The van der Waals surface area contributed by atoms with Crippen molar-refractivity contribution in [3.63, 3.8) is 0 Å². The summed E-state index contributed by atoms with van der Waals surface area (Å²) in [6.07, 6.45) is 0. The van der Waals surface area contributed by atoms with Gasteiger partial charge in [0.15, 0.2) is 12.4 Å². The molecule has 0 bridgehead atoms. The van der Waals surface area contributed by atoms with E-state index in [-0.39, 0.29) is 29.5 Å². The first-order chi connectivity index (χ1) is 11.0. The molecule has 0 fully saturated rings. The molecule has 2 aromatic carbocycles. The van der Waals surface area contributed by atoms with E-state index in [1.165, 1.54) is 12.1 Å². The zero-order valence-corrected chi connectivity index (χ0v) is 11.9. The lowest BCUT2D eigenvalue weighted by Crippen LogP contribution is -2.09. The van der Waals surface area contributed by atoms with Crippen LogP contribution in [0.15, 0.2) is 42.5 Å². The van der Waals surface area contributed by atoms with Crippen LogP contribution in [-0.4, -0.2) is 26.2 Å². The molecule has 0 atom stereocenters. The van der Waals surface area contributed by atoms with Gasteiger partial charge in [-0.25, -0.2) is 14.8 Å². The minimum absolute atomic E-state index is 0.0587. The second-order valence-corrected chi connectivity index (χ2v) is 4.82. The number of rotatable bonds is 3. The van der Waals surface area contributed by atoms with E-state index in [0.717, 1.165) is 11.5 Å². The van der Waals surface area contributed by atoms with Gasteiger partial charge in [-0.1, -0.05) is 12.1 Å². The number of nitrogen functional groups attached to an aromatic ring is 1. The second-order valence-electron chi connectivity index (χ2n) is 4.82. The van der Waals surface area contributed by atoms with Crippen LogP contribution in [0.3, 0.4) is 0 Å². The summed E-state index contributed by atoms with van der Waals surface area (Å²) in [5.74, 6) is -0.710. The lowest BCUT2D eigenvalue weighted by molar-refractivity contribution is 0.0459. The molecule has 0 saturated carbocycles. The Morgan fingerprint density at radius 2 is 1.91 bits per heavy atom. The highest BCUT2D eigenvalue weighted by Crippen LogP contribution is 2.23. The van der Waals surface area contributed by atoms with E-state index in [0.29, 0.717) is 11.3 Å². The van der Waals surface area contributed by atoms with Crippen molar-refractivity contribution in [2.75, 3.05) is 5.73 Å². The zero-order chi connectivity index (χ0) is 16.4. The Bertz CT molecular complexity index is 896. The summed E-state index contributed by atoms with van der Waals surface area (Å²) in [6.45, 7) is -0.186. The van der Waals surface area contributed by atoms with Gasteiger partial charge in [0.2, 0.25) is 0 Å². The minimum Gasteiger partial charge on any atom is -0.508 e. The van der Waals surface area contributed by atoms with Gasteiger partial charge >= 0.3 is 5.97 Å². The number of anilines is 1. The van der Waals surface area contributed by atoms with Gasteiger partial charge < -0.3 is 20.7 Å². The predicted molar refractivity (Wildman–Crippen MR) is 82.8 cm³/mol. The standard InChI is InChI=1S/C16H13N3O4/c17-15-10-3-1-2-4-12(10)18-14(19-15)8-23-16(22)11-6-5-9(20)7-13(11)21/h1-7,20-21H,8H2,(H2,17,18,19). The molecule has 0 spiro atoms. The maximum absolute atomic E-state index is 11.9. The maximum Gasteiger partial charge on any atom is 0.342 e. The first-order valence-electron chi connectivity index (χ1n) is 6.75. The fourth-order valence-electron chi connectivity index (χ4n) is 2.12. The van der Waals surface area contributed by atoms with Crippen LogP contribution in [0.5, 0.6) is 11.5 Å². The van der Waals surface area contributed by atoms with Crippen molar-refractivity contribution >= 4 is 22.7 Å². The Balaban J connectivity index is 1.79. The molecule has 7 nitrogen and oxygen atoms in total. The Labute approximate surface area is 131 Å². The molecule has 0 aliphatic rings. The Kier molecular flexibility index (Phi) is 3.68. The van der Waals surface area contributed by atoms with Crippen LogP contribution in [0.2, 0.25) is 0 Å². The van der Waals surface area contributed by atoms with Crippen LogP contribution >= 0.6 is 0 Å². The first kappa shape index (κ1) is 14.6. The van der Waals surface area contributed by atoms with Crippen molar-refractivity contribution in [2.24, 2.45) is 0 Å². The van der Waals surface area contributed by atoms with Gasteiger partial charge in [0.1, 0.15) is 22.9 Å². The van der Waals surface area contributed by atoms with Crippen LogP contribution < -0.4 is 5.73 Å². The Morgan fingerprint density at radius 3 is 2.70 bits per heavy atom. The van der Waals surface area contributed by atoms with E-state index in [1.807, 2.05) is 12.1 Å². The van der Waals surface area contributed by atoms with Crippen molar-refractivity contribution in [1.29, 1.82) is 0 Å². The number of aromatic nitrogens is 2. The minimum atomic E-state index is -0.752. The first-order valence-corrected chi connectivity index (χ1v) is 6.75. The third-order valence-electron chi connectivity index (χ3n) is 3.21. The number of phenols is 2. The van der Waals surface area contributed by atoms with E-state index in [4.69, 9.17) is 10.5 Å². The molecule has 116 valence electrons. The normalized spacial score (nSPS) is 10.6. The topological polar surface area (TPSA) is 119 Å². The van der Waals surface area contributed by atoms with Crippen LogP contribution in [0.1, 0.15) is 16.2 Å². The molecule has 7 heteroatoms. The SMILES string of the molecule is Nc1nc(COC(=O)c2ccc(O)cc2O)nc2ccccc12. The summed E-state index contributed by atoms with van der Waals surface area (Å²) in [6, 6.07) is 10.8. The van der Waals surface area contributed by atoms with E-state index in [9.17, 15) is 15.0 Å². The third kappa shape index (κ3) is 2.98. The van der Waals surface area contributed by atoms with Gasteiger partial charge in [0, 0.05) is 11.5 Å². The van der Waals surface area contributed by atoms with E-state index >= 15 is 0 Å². The third-order valence-corrected chi connectivity index (χ3v) is 3.21. The summed E-state index contributed by atoms with van der Waals surface area (Å²) in [4.78, 5) is 20.3. The largest absolute Gasteiger partial charge is 0.508 e. The van der Waals surface area contributed by atoms with Gasteiger partial charge in [0.25, 0.3) is 0 Å². The van der Waals surface area contributed by atoms with Crippen molar-refractivity contribution < 1.29 is 19.7 Å². The van der Waals surface area contributed by atoms with Gasteiger partial charge in [0.05, 0.1) is 5.52 Å². The highest BCUT2D eigenvalue weighted by molar-refractivity contribution is 5.92. The molecule has 0 aliphatic carbocycles. The van der Waals surface area contributed by atoms with Crippen LogP contribution in [-0.2, 0) is 11.3 Å². The fraction of sp³-hybridized carbons (Fsp3) is 0.0625. The maximum atomic E-state index is 11.9. The molecule has 3 aromatic rings. The number of ether oxygens (including phenoxy) is 1. The molecule has 1 aromatic heterocycles. The molecule has 0 radical (unpaired) electrons. The lowest BCUT2D eigenvalue weighted by atomic mass is 10.2. The number of aromatic hydroxyl groups is 2. The highest BCUT2D eigenvalue weighted by atomic mass is 16.5. The number of carbonyl (C=O) groups is 1. The van der Waals surface area contributed by atoms with Gasteiger partial charge in [-0.05, 0) is 24.3 Å². The number of fused-ring (bicyclic) bond motifs is 1. The summed E-state index contributed by atoms with van der Waals surface area (Å²) in [5.41, 5.74) is 6.45. The molecular weight excluding hydrogens is 298 g/mol. The average Bonchev–Trinajstić information content (AvgIpc) is 2.53. The number of para-hydroxylation sites is 1. The van der Waals surface area contributed by atoms with Crippen LogP contribution in [0.25, 0.3) is 10.9 Å². The van der Waals surface area contributed by atoms with Gasteiger partial charge in [-0.2, -0.15) is 0 Å². The number of phenolic OH excluding ortho intramolecular Hbond substituents is 2. The number of hydrogen-bond acceptors (Lipinski definition) is 7. The molecular formula is C16H13N3O4. The number of nitrogens with two attached hydrogens (primary N) is 1. The lowest BCUT2D eigenvalue weighted by Gasteiger charge is -2.08. The summed E-state index contributed by atoms with van der Waals surface area (Å²) in [7, 11) is 0. The fourth-order valence-corrected chi connectivity index (χ4v) is 2.12. The zero-order valence-electron chi connectivity index (χ0n) is 11.9. The molecule has 1 heterocycles. The molecule has 23 heavy (non-hydrogen) atoms. The summed E-state index contributed by atoms with van der Waals surface area (Å²) < 4.78 is 5.08. The molecule has 0 unspecified atom stereocenters. The Morgan fingerprint density at radius 1 is 1.13 bits per heavy atom. The molecule has 4 N–H and O–H groups in total. The van der Waals surface area contributed by atoms with Gasteiger partial charge in [-0.15, -0.1) is 0 Å². The number of esters is 1. The van der Waals surface area contributed by atoms with E-state index in [2.05, 4.69) is 9.97 Å². The molecule has 0 saturated heterocycles. The number of benzene rings is 2. The molecule has 0 amide bonds. The van der Waals surface area contributed by atoms with Crippen LogP contribution in [0.4, 0.5) is 5.82 Å². The quantitative estimate of drug-likeness (QED) is 0.633. The monoisotopic (exact) mass is 311 g/mol. The van der Waals surface area contributed by atoms with E-state index < -0.39 is 5.97 Å². The number of nitrogens with zero attached hydrogens (tertiary/aromatic N) is 2. The number of carbonyl (C=O) groups excluding carboxylic acids is 1. The molecule has 0 aliphatic heterocycles. The average molecular weight is 311 g/mol. The number of hydrogen-bond donors (Lipinski definition) is 3. The predicted octanol–water partition coefficient (Wildman–Crippen LogP) is 1.98. The summed E-state index contributed by atoms with van der Waals surface area (Å²) >= 11 is 0. The molecule has 3 rings (SSSR count). The van der Waals surface area contributed by atoms with E-state index in [1.54, 1.807) is 12.1 Å². The van der Waals surface area contributed by atoms with Crippen molar-refractivity contribution in [3.05, 3.63) is 53.9 Å².